The number of halogens is 1. The lowest BCUT2D eigenvalue weighted by Crippen LogP contribution is -2.07. The van der Waals surface area contributed by atoms with E-state index < -0.39 is 0 Å². The molecule has 0 N–H and O–H groups in total. The van der Waals surface area contributed by atoms with Crippen LogP contribution in [0.4, 0.5) is 0 Å². The maximum atomic E-state index is 12.2. The molecule has 0 radical (unpaired) electrons. The van der Waals surface area contributed by atoms with Gasteiger partial charge < -0.3 is 9.47 Å². The Kier molecular flexibility index (Phi) is 5.48. The Morgan fingerprint density at radius 1 is 1.33 bits per heavy atom. The summed E-state index contributed by atoms with van der Waals surface area (Å²) in [5, 5.41) is 0.343. The predicted octanol–water partition coefficient (Wildman–Crippen LogP) is 3.98. The zero-order chi connectivity index (χ0) is 13.7. The molecule has 100 valence electrons. The van der Waals surface area contributed by atoms with Gasteiger partial charge in [0.1, 0.15) is 10.8 Å². The third-order valence-corrected chi connectivity index (χ3v) is 3.37. The summed E-state index contributed by atoms with van der Waals surface area (Å²) in [4.78, 5) is 12.2. The second kappa shape index (κ2) is 6.64. The van der Waals surface area contributed by atoms with Crippen molar-refractivity contribution in [3.63, 3.8) is 0 Å². The van der Waals surface area contributed by atoms with Gasteiger partial charge in [0.05, 0.1) is 19.8 Å². The van der Waals surface area contributed by atoms with Gasteiger partial charge in [-0.1, -0.05) is 31.9 Å². The molecule has 0 aliphatic rings. The minimum Gasteiger partial charge on any atom is -0.495 e. The van der Waals surface area contributed by atoms with Gasteiger partial charge in [-0.3, -0.25) is 4.79 Å². The van der Waals surface area contributed by atoms with Crippen LogP contribution in [0.25, 0.3) is 0 Å². The van der Waals surface area contributed by atoms with Crippen LogP contribution in [0.3, 0.4) is 0 Å². The van der Waals surface area contributed by atoms with E-state index in [1.807, 2.05) is 0 Å². The first-order chi connectivity index (χ1) is 8.54. The second-order valence-corrected chi connectivity index (χ2v) is 4.68. The number of hydrogen-bond acceptors (Lipinski definition) is 3. The average molecular weight is 271 g/mol. The Hall–Kier alpha value is -1.22. The molecule has 1 aromatic rings. The molecule has 0 aliphatic heterocycles. The molecular weight excluding hydrogens is 252 g/mol. The van der Waals surface area contributed by atoms with E-state index in [1.54, 1.807) is 12.1 Å². The highest BCUT2D eigenvalue weighted by Crippen LogP contribution is 2.37. The highest BCUT2D eigenvalue weighted by molar-refractivity contribution is 6.34. The first-order valence-electron chi connectivity index (χ1n) is 5.98. The maximum absolute atomic E-state index is 12.2. The van der Waals surface area contributed by atoms with E-state index in [4.69, 9.17) is 21.1 Å². The summed E-state index contributed by atoms with van der Waals surface area (Å²) in [6.45, 7) is 4.12. The maximum Gasteiger partial charge on any atom is 0.166 e. The quantitative estimate of drug-likeness (QED) is 0.734. The molecule has 0 aliphatic carbocycles. The van der Waals surface area contributed by atoms with Crippen LogP contribution < -0.4 is 9.47 Å². The lowest BCUT2D eigenvalue weighted by molar-refractivity contribution is 0.0960. The fourth-order valence-corrected chi connectivity index (χ4v) is 2.00. The third kappa shape index (κ3) is 3.16. The van der Waals surface area contributed by atoms with Crippen molar-refractivity contribution in [3.05, 3.63) is 22.7 Å². The molecule has 0 bridgehead atoms. The van der Waals surface area contributed by atoms with Gasteiger partial charge >= 0.3 is 0 Å². The van der Waals surface area contributed by atoms with Crippen LogP contribution in [-0.4, -0.2) is 20.0 Å². The van der Waals surface area contributed by atoms with Crippen LogP contribution in [0, 0.1) is 5.92 Å². The van der Waals surface area contributed by atoms with Crippen molar-refractivity contribution < 1.29 is 14.3 Å². The number of hydrogen-bond donors (Lipinski definition) is 0. The Balaban J connectivity index is 3.09. The summed E-state index contributed by atoms with van der Waals surface area (Å²) in [5.74, 6) is 1.30. The molecule has 3 nitrogen and oxygen atoms in total. The molecule has 0 aromatic heterocycles. The van der Waals surface area contributed by atoms with Crippen LogP contribution in [0.1, 0.15) is 37.0 Å². The van der Waals surface area contributed by atoms with Crippen molar-refractivity contribution in [2.45, 2.75) is 26.7 Å². The smallest absolute Gasteiger partial charge is 0.166 e. The Morgan fingerprint density at radius 2 is 2.00 bits per heavy atom. The van der Waals surface area contributed by atoms with Gasteiger partial charge in [0.2, 0.25) is 0 Å². The summed E-state index contributed by atoms with van der Waals surface area (Å²) in [6.07, 6.45) is 1.47. The number of ether oxygens (including phenoxy) is 2. The number of ketones is 1. The SMILES string of the molecule is CCC(C)CC(=O)c1ccc(OC)c(Cl)c1OC. The molecule has 0 saturated heterocycles. The predicted molar refractivity (Wildman–Crippen MR) is 73.0 cm³/mol. The van der Waals surface area contributed by atoms with E-state index in [0.29, 0.717) is 34.4 Å². The first-order valence-corrected chi connectivity index (χ1v) is 6.36. The van der Waals surface area contributed by atoms with E-state index in [0.717, 1.165) is 6.42 Å². The number of carbonyl (C=O) groups excluding carboxylic acids is 1. The molecule has 0 amide bonds. The van der Waals surface area contributed by atoms with Gasteiger partial charge in [0.25, 0.3) is 0 Å². The van der Waals surface area contributed by atoms with E-state index in [-0.39, 0.29) is 5.78 Å². The summed E-state index contributed by atoms with van der Waals surface area (Å²) >= 11 is 6.13. The topological polar surface area (TPSA) is 35.5 Å². The molecule has 0 fully saturated rings. The van der Waals surface area contributed by atoms with Crippen LogP contribution in [0.15, 0.2) is 12.1 Å². The molecule has 0 saturated carbocycles. The third-order valence-electron chi connectivity index (χ3n) is 3.02. The molecule has 1 rings (SSSR count). The van der Waals surface area contributed by atoms with Crippen molar-refractivity contribution in [3.8, 4) is 11.5 Å². The van der Waals surface area contributed by atoms with E-state index in [1.165, 1.54) is 14.2 Å². The Labute approximate surface area is 113 Å². The van der Waals surface area contributed by atoms with Gasteiger partial charge in [0, 0.05) is 6.42 Å². The zero-order valence-electron chi connectivity index (χ0n) is 11.2. The Morgan fingerprint density at radius 3 is 2.50 bits per heavy atom. The average Bonchev–Trinajstić information content (AvgIpc) is 2.37. The molecule has 0 heterocycles. The summed E-state index contributed by atoms with van der Waals surface area (Å²) in [5.41, 5.74) is 0.517. The largest absolute Gasteiger partial charge is 0.495 e. The lowest BCUT2D eigenvalue weighted by atomic mass is 9.97. The molecular formula is C14H19ClO3. The van der Waals surface area contributed by atoms with Crippen molar-refractivity contribution in [2.75, 3.05) is 14.2 Å². The van der Waals surface area contributed by atoms with Gasteiger partial charge in [-0.25, -0.2) is 0 Å². The number of rotatable bonds is 6. The molecule has 18 heavy (non-hydrogen) atoms. The highest BCUT2D eigenvalue weighted by atomic mass is 35.5. The number of benzene rings is 1. The van der Waals surface area contributed by atoms with Gasteiger partial charge in [-0.05, 0) is 18.1 Å². The van der Waals surface area contributed by atoms with Crippen molar-refractivity contribution in [1.29, 1.82) is 0 Å². The normalized spacial score (nSPS) is 12.1. The zero-order valence-corrected chi connectivity index (χ0v) is 12.0. The second-order valence-electron chi connectivity index (χ2n) is 4.30. The van der Waals surface area contributed by atoms with Crippen LogP contribution in [0.2, 0.25) is 5.02 Å². The minimum atomic E-state index is 0.0470. The molecule has 1 unspecified atom stereocenters. The Bertz CT molecular complexity index is 429. The summed E-state index contributed by atoms with van der Waals surface area (Å²) in [6, 6.07) is 3.39. The molecule has 4 heteroatoms. The van der Waals surface area contributed by atoms with Crippen molar-refractivity contribution >= 4 is 17.4 Å². The number of methoxy groups -OCH3 is 2. The summed E-state index contributed by atoms with van der Waals surface area (Å²) in [7, 11) is 3.03. The van der Waals surface area contributed by atoms with E-state index in [9.17, 15) is 4.79 Å². The van der Waals surface area contributed by atoms with Crippen LogP contribution in [-0.2, 0) is 0 Å². The lowest BCUT2D eigenvalue weighted by Gasteiger charge is -2.13. The van der Waals surface area contributed by atoms with Gasteiger partial charge in [-0.2, -0.15) is 0 Å². The van der Waals surface area contributed by atoms with Gasteiger partial charge in [-0.15, -0.1) is 0 Å². The van der Waals surface area contributed by atoms with Crippen LogP contribution in [0.5, 0.6) is 11.5 Å². The van der Waals surface area contributed by atoms with E-state index in [2.05, 4.69) is 13.8 Å². The number of Topliss-reactive ketones (excluding diaryl/α,β-unsaturated/α-hetero) is 1. The fraction of sp³-hybridized carbons (Fsp3) is 0.500. The molecule has 1 atom stereocenters. The standard InChI is InChI=1S/C14H19ClO3/c1-5-9(2)8-11(16)10-6-7-12(17-3)13(15)14(10)18-4/h6-7,9H,5,8H2,1-4H3. The van der Waals surface area contributed by atoms with Gasteiger partial charge in [0.15, 0.2) is 11.5 Å². The highest BCUT2D eigenvalue weighted by Gasteiger charge is 2.19. The molecule has 0 spiro atoms. The van der Waals surface area contributed by atoms with Crippen molar-refractivity contribution in [2.24, 2.45) is 5.92 Å². The monoisotopic (exact) mass is 270 g/mol. The first kappa shape index (κ1) is 14.8. The van der Waals surface area contributed by atoms with Crippen molar-refractivity contribution in [1.82, 2.24) is 0 Å². The van der Waals surface area contributed by atoms with Crippen LogP contribution >= 0.6 is 11.6 Å². The summed E-state index contributed by atoms with van der Waals surface area (Å²) < 4.78 is 10.3. The fourth-order valence-electron chi connectivity index (χ4n) is 1.69. The minimum absolute atomic E-state index is 0.0470. The molecule has 1 aromatic carbocycles. The van der Waals surface area contributed by atoms with E-state index >= 15 is 0 Å². The number of carbonyl (C=O) groups is 1.